The normalized spacial score (nSPS) is 21.8. The van der Waals surface area contributed by atoms with Crippen LogP contribution in [0.5, 0.6) is 0 Å². The van der Waals surface area contributed by atoms with E-state index in [0.717, 1.165) is 6.33 Å². The third-order valence-electron chi connectivity index (χ3n) is 5.65. The number of imidazole rings is 1. The van der Waals surface area contributed by atoms with Gasteiger partial charge in [0.05, 0.1) is 12.9 Å². The van der Waals surface area contributed by atoms with E-state index < -0.39 is 76.7 Å². The second-order valence-electron chi connectivity index (χ2n) is 11.7. The summed E-state index contributed by atoms with van der Waals surface area (Å²) in [5.74, 6) is -1.42. The number of rotatable bonds is 10. The van der Waals surface area contributed by atoms with Gasteiger partial charge in [0.25, 0.3) is 0 Å². The Balaban J connectivity index is 1.76. The van der Waals surface area contributed by atoms with Crippen LogP contribution in [0.1, 0.15) is 60.6 Å². The van der Waals surface area contributed by atoms with Crippen LogP contribution in [-0.4, -0.2) is 98.3 Å². The minimum Gasteiger partial charge on any atom is -0.460 e. The predicted octanol–water partition coefficient (Wildman–Crippen LogP) is -0.381. The number of ether oxygens (including phenoxy) is 3. The van der Waals surface area contributed by atoms with Crippen molar-refractivity contribution in [2.45, 2.75) is 96.2 Å². The lowest BCUT2D eigenvalue weighted by atomic mass is 10.1. The summed E-state index contributed by atoms with van der Waals surface area (Å²) in [6.07, 6.45) is -3.61. The molecule has 5 atom stereocenters. The number of urea groups is 1. The molecule has 0 aliphatic carbocycles. The largest absolute Gasteiger partial charge is 0.460 e. The van der Waals surface area contributed by atoms with Gasteiger partial charge in [-0.2, -0.15) is 8.42 Å². The van der Waals surface area contributed by atoms with Crippen LogP contribution in [-0.2, 0) is 38.3 Å². The molecule has 0 radical (unpaired) electrons. The molecule has 2 aromatic rings. The number of aliphatic hydroxyl groups excluding tert-OH is 2. The van der Waals surface area contributed by atoms with Gasteiger partial charge in [0.1, 0.15) is 41.9 Å². The Morgan fingerprint density at radius 2 is 1.72 bits per heavy atom. The number of amides is 2. The first-order valence-electron chi connectivity index (χ1n) is 13.1. The van der Waals surface area contributed by atoms with Crippen molar-refractivity contribution in [2.75, 3.05) is 11.9 Å². The molecule has 3 rings (SSSR count). The smallest absolute Gasteiger partial charge is 0.333 e. The SMILES string of the molecule is CC(C)(C)OC(=O)CC[C@H](NC(=O)Nc1ncnc2c1ncn2[C@@H]1O[C@H](COS(N)(=O)=O)[C@@H](O)[C@H]1O)C(=O)OC(C)(C)C. The van der Waals surface area contributed by atoms with Gasteiger partial charge in [-0.15, -0.1) is 0 Å². The maximum Gasteiger partial charge on any atom is 0.333 e. The van der Waals surface area contributed by atoms with Crippen LogP contribution >= 0.6 is 0 Å². The lowest BCUT2D eigenvalue weighted by Crippen LogP contribution is -2.46. The number of nitrogens with two attached hydrogens (primary N) is 1. The van der Waals surface area contributed by atoms with Crippen LogP contribution < -0.4 is 15.8 Å². The van der Waals surface area contributed by atoms with Gasteiger partial charge in [0, 0.05) is 6.42 Å². The van der Waals surface area contributed by atoms with Crippen LogP contribution in [0.3, 0.4) is 0 Å². The van der Waals surface area contributed by atoms with E-state index in [1.807, 2.05) is 0 Å². The van der Waals surface area contributed by atoms with Crippen LogP contribution in [0.4, 0.5) is 10.6 Å². The van der Waals surface area contributed by atoms with Gasteiger partial charge in [-0.05, 0) is 48.0 Å². The van der Waals surface area contributed by atoms with E-state index in [-0.39, 0.29) is 29.8 Å². The van der Waals surface area contributed by atoms with E-state index in [4.69, 9.17) is 19.3 Å². The molecule has 1 aliphatic rings. The van der Waals surface area contributed by atoms with Gasteiger partial charge in [0.2, 0.25) is 0 Å². The molecule has 43 heavy (non-hydrogen) atoms. The summed E-state index contributed by atoms with van der Waals surface area (Å²) in [5.41, 5.74) is -1.48. The van der Waals surface area contributed by atoms with Gasteiger partial charge in [-0.3, -0.25) is 18.9 Å². The minimum absolute atomic E-state index is 0.0507. The van der Waals surface area contributed by atoms with Crippen molar-refractivity contribution in [1.29, 1.82) is 0 Å². The number of carbonyl (C=O) groups is 3. The number of nitrogens with zero attached hydrogens (tertiary/aromatic N) is 4. The van der Waals surface area contributed by atoms with Crippen LogP contribution in [0, 0.1) is 0 Å². The highest BCUT2D eigenvalue weighted by Gasteiger charge is 2.45. The van der Waals surface area contributed by atoms with Crippen LogP contribution in [0.25, 0.3) is 11.2 Å². The Kier molecular flexibility index (Phi) is 10.3. The zero-order valence-corrected chi connectivity index (χ0v) is 25.3. The zero-order chi connectivity index (χ0) is 32.3. The Bertz CT molecular complexity index is 1440. The van der Waals surface area contributed by atoms with E-state index in [1.165, 1.54) is 10.9 Å². The molecule has 0 spiro atoms. The summed E-state index contributed by atoms with van der Waals surface area (Å²) < 4.78 is 44.2. The number of hydrogen-bond donors (Lipinski definition) is 5. The monoisotopic (exact) mass is 631 g/mol. The van der Waals surface area contributed by atoms with E-state index in [9.17, 15) is 33.0 Å². The van der Waals surface area contributed by atoms with Crippen molar-refractivity contribution in [1.82, 2.24) is 24.8 Å². The Morgan fingerprint density at radius 3 is 2.33 bits per heavy atom. The maximum absolute atomic E-state index is 13.0. The van der Waals surface area contributed by atoms with E-state index in [1.54, 1.807) is 41.5 Å². The van der Waals surface area contributed by atoms with Gasteiger partial charge < -0.3 is 29.7 Å². The zero-order valence-electron chi connectivity index (χ0n) is 24.5. The molecule has 3 heterocycles. The number of esters is 2. The predicted molar refractivity (Wildman–Crippen MR) is 147 cm³/mol. The van der Waals surface area contributed by atoms with E-state index in [0.29, 0.717) is 0 Å². The number of fused-ring (bicyclic) bond motifs is 1. The first-order valence-corrected chi connectivity index (χ1v) is 14.6. The highest BCUT2D eigenvalue weighted by molar-refractivity contribution is 7.84. The number of hydrogen-bond acceptors (Lipinski definition) is 14. The number of anilines is 1. The third-order valence-corrected chi connectivity index (χ3v) is 6.12. The Labute approximate surface area is 247 Å². The molecule has 6 N–H and O–H groups in total. The number of carbonyl (C=O) groups excluding carboxylic acids is 3. The second kappa shape index (κ2) is 13.0. The fourth-order valence-electron chi connectivity index (χ4n) is 3.97. The van der Waals surface area contributed by atoms with Gasteiger partial charge in [-0.25, -0.2) is 29.7 Å². The molecule has 2 amide bonds. The lowest BCUT2D eigenvalue weighted by Gasteiger charge is -2.25. The average Bonchev–Trinajstić information content (AvgIpc) is 3.39. The summed E-state index contributed by atoms with van der Waals surface area (Å²) in [5, 5.41) is 30.6. The lowest BCUT2D eigenvalue weighted by molar-refractivity contribution is -0.158. The third kappa shape index (κ3) is 9.76. The summed E-state index contributed by atoms with van der Waals surface area (Å²) >= 11 is 0. The van der Waals surface area contributed by atoms with Crippen molar-refractivity contribution >= 4 is 45.3 Å². The highest BCUT2D eigenvalue weighted by Crippen LogP contribution is 2.32. The number of aromatic nitrogens is 4. The van der Waals surface area contributed by atoms with Gasteiger partial charge in [-0.1, -0.05) is 0 Å². The molecular weight excluding hydrogens is 594 g/mol. The van der Waals surface area contributed by atoms with E-state index >= 15 is 0 Å². The summed E-state index contributed by atoms with van der Waals surface area (Å²) in [7, 11) is -4.33. The minimum atomic E-state index is -4.33. The topological polar surface area (TPSA) is 256 Å². The molecule has 1 fully saturated rings. The molecule has 0 saturated carbocycles. The molecule has 0 aromatic carbocycles. The molecule has 1 aliphatic heterocycles. The standard InChI is InChI=1S/C24H37N7O11S/c1-23(2,3)41-14(32)8-7-12(21(35)42-24(4,5)6)29-22(36)30-18-15-19(27-10-26-18)31(11-28-15)20-17(34)16(33)13(40-20)9-39-43(25,37)38/h10-13,16-17,20,33-34H,7-9H2,1-6H3,(H2,25,37,38)(H2,26,27,29,30,36)/t12-,13+,16+,17+,20+/m0/s1. The van der Waals surface area contributed by atoms with Crippen molar-refractivity contribution in [3.8, 4) is 0 Å². The highest BCUT2D eigenvalue weighted by atomic mass is 32.2. The molecule has 1 saturated heterocycles. The van der Waals surface area contributed by atoms with Gasteiger partial charge >= 0.3 is 28.3 Å². The van der Waals surface area contributed by atoms with Crippen molar-refractivity contribution < 1.29 is 51.4 Å². The molecule has 2 aromatic heterocycles. The number of nitrogens with one attached hydrogen (secondary N) is 2. The Morgan fingerprint density at radius 1 is 1.07 bits per heavy atom. The molecule has 18 nitrogen and oxygen atoms in total. The fraction of sp³-hybridized carbons (Fsp3) is 0.667. The molecule has 0 unspecified atom stereocenters. The van der Waals surface area contributed by atoms with Crippen molar-refractivity contribution in [3.05, 3.63) is 12.7 Å². The van der Waals surface area contributed by atoms with Crippen LogP contribution in [0.15, 0.2) is 12.7 Å². The van der Waals surface area contributed by atoms with E-state index in [2.05, 4.69) is 29.8 Å². The summed E-state index contributed by atoms with van der Waals surface area (Å²) in [6, 6.07) is -2.09. The second-order valence-corrected chi connectivity index (χ2v) is 12.9. The molecule has 0 bridgehead atoms. The molecular formula is C24H37N7O11S. The quantitative estimate of drug-likeness (QED) is 0.210. The number of aliphatic hydroxyl groups is 2. The molecule has 240 valence electrons. The summed E-state index contributed by atoms with van der Waals surface area (Å²) in [6.45, 7) is 9.42. The fourth-order valence-corrected chi connectivity index (χ4v) is 4.29. The molecule has 19 heteroatoms. The van der Waals surface area contributed by atoms with Gasteiger partial charge in [0.15, 0.2) is 23.2 Å². The van der Waals surface area contributed by atoms with Crippen molar-refractivity contribution in [3.63, 3.8) is 0 Å². The Hall–Kier alpha value is -3.49. The summed E-state index contributed by atoms with van der Waals surface area (Å²) in [4.78, 5) is 50.3. The van der Waals surface area contributed by atoms with Crippen molar-refractivity contribution in [2.24, 2.45) is 5.14 Å². The maximum atomic E-state index is 13.0. The first-order chi connectivity index (χ1) is 19.7. The average molecular weight is 632 g/mol. The first kappa shape index (κ1) is 34.0. The van der Waals surface area contributed by atoms with Crippen LogP contribution in [0.2, 0.25) is 0 Å².